The van der Waals surface area contributed by atoms with E-state index in [0.717, 1.165) is 0 Å². The van der Waals surface area contributed by atoms with E-state index in [0.29, 0.717) is 17.0 Å². The van der Waals surface area contributed by atoms with E-state index in [1.165, 1.54) is 35.4 Å². The normalized spacial score (nSPS) is 15.1. The van der Waals surface area contributed by atoms with Gasteiger partial charge in [-0.25, -0.2) is 4.39 Å². The number of fused-ring (bicyclic) bond motifs is 1. The number of anilines is 1. The Labute approximate surface area is 207 Å². The highest BCUT2D eigenvalue weighted by molar-refractivity contribution is 6.03. The van der Waals surface area contributed by atoms with Crippen molar-refractivity contribution in [2.24, 2.45) is 0 Å². The van der Waals surface area contributed by atoms with Gasteiger partial charge in [-0.3, -0.25) is 14.6 Å². The monoisotopic (exact) mass is 489 g/mol. The molecular weight excluding hydrogens is 465 g/mol. The molecule has 9 heteroatoms. The average molecular weight is 490 g/mol. The molecule has 0 saturated heterocycles. The molecule has 1 aliphatic heterocycles. The van der Waals surface area contributed by atoms with Crippen LogP contribution in [0.3, 0.4) is 0 Å². The van der Waals surface area contributed by atoms with Gasteiger partial charge in [0.15, 0.2) is 11.6 Å². The molecule has 2 N–H and O–H groups in total. The topological polar surface area (TPSA) is 101 Å². The molecule has 2 heterocycles. The van der Waals surface area contributed by atoms with Crippen molar-refractivity contribution in [2.45, 2.75) is 25.5 Å². The predicted octanol–water partition coefficient (Wildman–Crippen LogP) is 3.29. The second-order valence-corrected chi connectivity index (χ2v) is 8.64. The summed E-state index contributed by atoms with van der Waals surface area (Å²) in [6.45, 7) is 3.06. The van der Waals surface area contributed by atoms with Gasteiger partial charge < -0.3 is 24.8 Å². The highest BCUT2D eigenvalue weighted by Crippen LogP contribution is 2.31. The van der Waals surface area contributed by atoms with E-state index < -0.39 is 29.3 Å². The van der Waals surface area contributed by atoms with Crippen LogP contribution in [0.15, 0.2) is 60.8 Å². The van der Waals surface area contributed by atoms with Crippen molar-refractivity contribution in [2.75, 3.05) is 18.6 Å². The lowest BCUT2D eigenvalue weighted by atomic mass is 10.1. The molecule has 2 amide bonds. The molecule has 8 nitrogen and oxygen atoms in total. The summed E-state index contributed by atoms with van der Waals surface area (Å²) in [5.41, 5.74) is -0.0909. The number of rotatable bonds is 4. The number of nitrogens with zero attached hydrogens (tertiary/aromatic N) is 2. The second-order valence-electron chi connectivity index (χ2n) is 8.64. The van der Waals surface area contributed by atoms with E-state index in [2.05, 4.69) is 22.1 Å². The number of carbonyl (C=O) groups is 2. The minimum atomic E-state index is -1.16. The zero-order chi connectivity index (χ0) is 25.9. The molecule has 0 aliphatic carbocycles. The van der Waals surface area contributed by atoms with Crippen LogP contribution in [-0.4, -0.2) is 47.2 Å². The molecule has 0 radical (unpaired) electrons. The average Bonchev–Trinajstić information content (AvgIpc) is 2.96. The SMILES string of the molecule is CN1C(=O)C(NC(=O)c2cc(Oc3ccccc3F)ccn2)COc2ccc(C#CC(C)(C)O)cc21. The molecule has 0 saturated carbocycles. The van der Waals surface area contributed by atoms with Gasteiger partial charge >= 0.3 is 0 Å². The Hall–Kier alpha value is -4.42. The third kappa shape index (κ3) is 5.79. The third-order valence-corrected chi connectivity index (χ3v) is 5.20. The molecule has 1 atom stereocenters. The van der Waals surface area contributed by atoms with Crippen LogP contribution in [0, 0.1) is 17.7 Å². The van der Waals surface area contributed by atoms with Crippen molar-refractivity contribution in [3.8, 4) is 29.1 Å². The smallest absolute Gasteiger partial charge is 0.270 e. The van der Waals surface area contributed by atoms with E-state index in [1.54, 1.807) is 51.2 Å². The molecule has 36 heavy (non-hydrogen) atoms. The van der Waals surface area contributed by atoms with Crippen molar-refractivity contribution in [3.05, 3.63) is 77.9 Å². The number of nitrogens with one attached hydrogen (secondary N) is 1. The molecule has 1 aliphatic rings. The van der Waals surface area contributed by atoms with E-state index in [-0.39, 0.29) is 23.8 Å². The largest absolute Gasteiger partial charge is 0.489 e. The highest BCUT2D eigenvalue weighted by atomic mass is 19.1. The van der Waals surface area contributed by atoms with Crippen LogP contribution in [0.4, 0.5) is 10.1 Å². The fourth-order valence-corrected chi connectivity index (χ4v) is 3.39. The number of aromatic nitrogens is 1. The molecule has 2 aromatic carbocycles. The number of likely N-dealkylation sites (N-methyl/N-ethyl adjacent to an activating group) is 1. The van der Waals surface area contributed by atoms with Gasteiger partial charge in [0.25, 0.3) is 11.8 Å². The number of benzene rings is 2. The minimum Gasteiger partial charge on any atom is -0.489 e. The number of halogens is 1. The van der Waals surface area contributed by atoms with Gasteiger partial charge in [0.05, 0.1) is 5.69 Å². The van der Waals surface area contributed by atoms with Gasteiger partial charge in [-0.1, -0.05) is 24.0 Å². The summed E-state index contributed by atoms with van der Waals surface area (Å²) in [5, 5.41) is 12.5. The van der Waals surface area contributed by atoms with Gasteiger partial charge in [-0.05, 0) is 50.2 Å². The first-order valence-electron chi connectivity index (χ1n) is 11.1. The summed E-state index contributed by atoms with van der Waals surface area (Å²) < 4.78 is 25.2. The predicted molar refractivity (Wildman–Crippen MR) is 130 cm³/mol. The van der Waals surface area contributed by atoms with Crippen LogP contribution in [0.2, 0.25) is 0 Å². The summed E-state index contributed by atoms with van der Waals surface area (Å²) >= 11 is 0. The van der Waals surface area contributed by atoms with Crippen LogP contribution in [-0.2, 0) is 4.79 Å². The number of hydrogen-bond acceptors (Lipinski definition) is 6. The van der Waals surface area contributed by atoms with E-state index in [4.69, 9.17) is 9.47 Å². The minimum absolute atomic E-state index is 0.00778. The lowest BCUT2D eigenvalue weighted by Crippen LogP contribution is -2.49. The Balaban J connectivity index is 1.49. The maximum atomic E-state index is 13.9. The Morgan fingerprint density at radius 2 is 2.03 bits per heavy atom. The lowest BCUT2D eigenvalue weighted by Gasteiger charge is -2.20. The van der Waals surface area contributed by atoms with Gasteiger partial charge in [-0.2, -0.15) is 0 Å². The first kappa shape index (κ1) is 24.7. The fraction of sp³-hybridized carbons (Fsp3) is 0.222. The van der Waals surface area contributed by atoms with E-state index in [9.17, 15) is 19.1 Å². The molecule has 0 bridgehead atoms. The quantitative estimate of drug-likeness (QED) is 0.546. The maximum Gasteiger partial charge on any atom is 0.270 e. The van der Waals surface area contributed by atoms with Crippen LogP contribution in [0.25, 0.3) is 0 Å². The number of pyridine rings is 1. The van der Waals surface area contributed by atoms with Crippen molar-refractivity contribution < 1.29 is 28.6 Å². The zero-order valence-electron chi connectivity index (χ0n) is 19.9. The summed E-state index contributed by atoms with van der Waals surface area (Å²) in [6, 6.07) is 12.8. The number of para-hydroxylation sites is 1. The summed E-state index contributed by atoms with van der Waals surface area (Å²) in [4.78, 5) is 31.4. The number of amides is 2. The van der Waals surface area contributed by atoms with Crippen molar-refractivity contribution in [1.82, 2.24) is 10.3 Å². The Morgan fingerprint density at radius 1 is 1.25 bits per heavy atom. The summed E-state index contributed by atoms with van der Waals surface area (Å²) in [5.74, 6) is 4.72. The molecule has 1 unspecified atom stereocenters. The van der Waals surface area contributed by atoms with E-state index >= 15 is 0 Å². The number of carbonyl (C=O) groups excluding carboxylic acids is 2. The molecule has 4 rings (SSSR count). The number of aliphatic hydroxyl groups is 1. The number of ether oxygens (including phenoxy) is 2. The highest BCUT2D eigenvalue weighted by Gasteiger charge is 2.31. The zero-order valence-corrected chi connectivity index (χ0v) is 19.9. The molecule has 1 aromatic heterocycles. The molecule has 0 fully saturated rings. The standard InChI is InChI=1S/C27H24FN3O5/c1-27(2,34)12-10-17-8-9-24-22(14-17)31(3)26(33)21(16-35-24)30-25(32)20-15-18(11-13-29-20)36-23-7-5-4-6-19(23)28/h4-9,11,13-15,21,34H,16H2,1-3H3,(H,30,32). The maximum absolute atomic E-state index is 13.9. The van der Waals surface area contributed by atoms with Crippen LogP contribution < -0.4 is 19.7 Å². The second kappa shape index (κ2) is 10.1. The Kier molecular flexibility index (Phi) is 6.90. The summed E-state index contributed by atoms with van der Waals surface area (Å²) in [6.07, 6.45) is 1.36. The first-order valence-corrected chi connectivity index (χ1v) is 11.1. The fourth-order valence-electron chi connectivity index (χ4n) is 3.39. The van der Waals surface area contributed by atoms with Crippen molar-refractivity contribution in [1.29, 1.82) is 0 Å². The van der Waals surface area contributed by atoms with Crippen molar-refractivity contribution >= 4 is 17.5 Å². The lowest BCUT2D eigenvalue weighted by molar-refractivity contribution is -0.120. The van der Waals surface area contributed by atoms with Gasteiger partial charge in [0.2, 0.25) is 0 Å². The molecule has 184 valence electrons. The van der Waals surface area contributed by atoms with E-state index in [1.807, 2.05) is 0 Å². The Morgan fingerprint density at radius 3 is 2.78 bits per heavy atom. The van der Waals surface area contributed by atoms with Gasteiger partial charge in [-0.15, -0.1) is 0 Å². The molecular formula is C27H24FN3O5. The van der Waals surface area contributed by atoms with Crippen LogP contribution in [0.5, 0.6) is 17.2 Å². The third-order valence-electron chi connectivity index (χ3n) is 5.20. The van der Waals surface area contributed by atoms with Crippen LogP contribution in [0.1, 0.15) is 29.9 Å². The first-order chi connectivity index (χ1) is 17.1. The van der Waals surface area contributed by atoms with Crippen molar-refractivity contribution in [3.63, 3.8) is 0 Å². The molecule has 0 spiro atoms. The van der Waals surface area contributed by atoms with Gasteiger partial charge in [0, 0.05) is 24.9 Å². The van der Waals surface area contributed by atoms with Gasteiger partial charge in [0.1, 0.15) is 35.4 Å². The molecule has 3 aromatic rings. The van der Waals surface area contributed by atoms with Crippen LogP contribution >= 0.6 is 0 Å². The number of hydrogen-bond donors (Lipinski definition) is 2. The summed E-state index contributed by atoms with van der Waals surface area (Å²) in [7, 11) is 1.57. The Bertz CT molecular complexity index is 1370.